The Morgan fingerprint density at radius 3 is 2.95 bits per heavy atom. The topological polar surface area (TPSA) is 81.2 Å². The molecule has 1 aliphatic rings. The summed E-state index contributed by atoms with van der Waals surface area (Å²) in [6.45, 7) is 1.98. The number of hydrogen-bond acceptors (Lipinski definition) is 5. The van der Waals surface area contributed by atoms with Gasteiger partial charge in [0.15, 0.2) is 11.6 Å². The summed E-state index contributed by atoms with van der Waals surface area (Å²) in [5.41, 5.74) is 8.25. The highest BCUT2D eigenvalue weighted by Gasteiger charge is 2.20. The Bertz CT molecular complexity index is 843. The third-order valence-corrected chi connectivity index (χ3v) is 3.31. The largest absolute Gasteiger partial charge is 0.384 e. The van der Waals surface area contributed by atoms with Crippen molar-refractivity contribution in [2.75, 3.05) is 5.73 Å². The summed E-state index contributed by atoms with van der Waals surface area (Å²) in [7, 11) is 0. The number of nitrogen functional groups attached to an aromatic ring is 1. The molecule has 5 heteroatoms. The molecule has 3 rings (SSSR count). The lowest BCUT2D eigenvalue weighted by Gasteiger charge is -2.12. The first-order valence-corrected chi connectivity index (χ1v) is 7.00. The van der Waals surface area contributed by atoms with Gasteiger partial charge in [0, 0.05) is 23.9 Å². The van der Waals surface area contributed by atoms with Crippen molar-refractivity contribution in [2.24, 2.45) is 4.99 Å². The van der Waals surface area contributed by atoms with Gasteiger partial charge >= 0.3 is 0 Å². The molecule has 5 nitrogen and oxygen atoms in total. The van der Waals surface area contributed by atoms with Gasteiger partial charge in [0.25, 0.3) is 0 Å². The van der Waals surface area contributed by atoms with E-state index < -0.39 is 0 Å². The van der Waals surface area contributed by atoms with Crippen LogP contribution in [0.4, 0.5) is 11.6 Å². The average Bonchev–Trinajstić information content (AvgIpc) is 2.53. The van der Waals surface area contributed by atoms with Crippen LogP contribution in [-0.2, 0) is 0 Å². The fourth-order valence-corrected chi connectivity index (χ4v) is 2.15. The van der Waals surface area contributed by atoms with E-state index in [1.54, 1.807) is 30.5 Å². The minimum absolute atomic E-state index is 0.0417. The van der Waals surface area contributed by atoms with Crippen molar-refractivity contribution < 1.29 is 4.79 Å². The van der Waals surface area contributed by atoms with Crippen LogP contribution in [0.3, 0.4) is 0 Å². The monoisotopic (exact) mass is 290 g/mol. The van der Waals surface area contributed by atoms with Gasteiger partial charge in [-0.05, 0) is 30.5 Å². The van der Waals surface area contributed by atoms with Gasteiger partial charge < -0.3 is 5.73 Å². The normalized spacial score (nSPS) is 13.0. The first-order valence-electron chi connectivity index (χ1n) is 7.00. The third kappa shape index (κ3) is 2.86. The zero-order valence-electron chi connectivity index (χ0n) is 12.1. The molecule has 0 aliphatic carbocycles. The number of fused-ring (bicyclic) bond motifs is 1. The first kappa shape index (κ1) is 14.0. The Labute approximate surface area is 128 Å². The lowest BCUT2D eigenvalue weighted by molar-refractivity contribution is 0.0999. The number of ketones is 1. The quantitative estimate of drug-likeness (QED) is 0.818. The average molecular weight is 290 g/mol. The molecule has 0 radical (unpaired) electrons. The smallest absolute Gasteiger partial charge is 0.172 e. The molecule has 0 unspecified atom stereocenters. The van der Waals surface area contributed by atoms with E-state index in [0.29, 0.717) is 34.9 Å². The molecule has 0 spiro atoms. The number of pyridine rings is 2. The highest BCUT2D eigenvalue weighted by molar-refractivity contribution is 6.15. The second-order valence-electron chi connectivity index (χ2n) is 4.92. The van der Waals surface area contributed by atoms with E-state index in [4.69, 9.17) is 5.73 Å². The SMILES string of the molecule is CCC1=Nc2ncc(C#Cc3cccc(N)n3)cc2C(=O)C1. The van der Waals surface area contributed by atoms with Gasteiger partial charge in [-0.15, -0.1) is 0 Å². The first-order chi connectivity index (χ1) is 10.7. The second kappa shape index (κ2) is 5.78. The van der Waals surface area contributed by atoms with Gasteiger partial charge in [-0.25, -0.2) is 15.0 Å². The van der Waals surface area contributed by atoms with E-state index in [-0.39, 0.29) is 5.78 Å². The number of aromatic nitrogens is 2. The number of carbonyl (C=O) groups is 1. The lowest BCUT2D eigenvalue weighted by atomic mass is 10.0. The highest BCUT2D eigenvalue weighted by atomic mass is 16.1. The van der Waals surface area contributed by atoms with Crippen molar-refractivity contribution in [1.29, 1.82) is 0 Å². The number of nitrogens with zero attached hydrogens (tertiary/aromatic N) is 3. The van der Waals surface area contributed by atoms with Gasteiger partial charge in [0.1, 0.15) is 11.5 Å². The standard InChI is InChI=1S/C17H14N4O/c1-2-12-9-15(22)14-8-11(10-19-17(14)21-12)6-7-13-4-3-5-16(18)20-13/h3-5,8,10H,2,9H2,1H3,(H2,18,20). The summed E-state index contributed by atoms with van der Waals surface area (Å²) in [5.74, 6) is 6.82. The fraction of sp³-hybridized carbons (Fsp3) is 0.176. The Morgan fingerprint density at radius 1 is 1.32 bits per heavy atom. The van der Waals surface area contributed by atoms with Crippen LogP contribution in [0, 0.1) is 11.8 Å². The summed E-state index contributed by atoms with van der Waals surface area (Å²) in [6.07, 6.45) is 2.74. The molecular formula is C17H14N4O. The van der Waals surface area contributed by atoms with Gasteiger partial charge in [-0.1, -0.05) is 18.9 Å². The third-order valence-electron chi connectivity index (χ3n) is 3.31. The molecule has 2 N–H and O–H groups in total. The van der Waals surface area contributed by atoms with E-state index >= 15 is 0 Å². The molecule has 0 aromatic carbocycles. The molecule has 2 aromatic rings. The molecule has 1 aliphatic heterocycles. The van der Waals surface area contributed by atoms with Crippen molar-refractivity contribution in [3.8, 4) is 11.8 Å². The molecule has 0 atom stereocenters. The maximum Gasteiger partial charge on any atom is 0.172 e. The van der Waals surface area contributed by atoms with E-state index in [2.05, 4.69) is 26.8 Å². The Kier molecular flexibility index (Phi) is 3.67. The zero-order valence-corrected chi connectivity index (χ0v) is 12.1. The van der Waals surface area contributed by atoms with Crippen molar-refractivity contribution in [3.63, 3.8) is 0 Å². The summed E-state index contributed by atoms with van der Waals surface area (Å²) in [4.78, 5) is 24.9. The van der Waals surface area contributed by atoms with Crippen LogP contribution in [0.25, 0.3) is 0 Å². The summed E-state index contributed by atoms with van der Waals surface area (Å²) in [6, 6.07) is 7.01. The highest BCUT2D eigenvalue weighted by Crippen LogP contribution is 2.24. The van der Waals surface area contributed by atoms with Crippen LogP contribution in [0.5, 0.6) is 0 Å². The maximum atomic E-state index is 12.1. The molecule has 0 amide bonds. The van der Waals surface area contributed by atoms with Crippen molar-refractivity contribution in [3.05, 3.63) is 47.3 Å². The lowest BCUT2D eigenvalue weighted by Crippen LogP contribution is -2.13. The number of nitrogens with two attached hydrogens (primary N) is 1. The second-order valence-corrected chi connectivity index (χ2v) is 4.92. The number of Topliss-reactive ketones (excluding diaryl/α,β-unsaturated/α-hetero) is 1. The van der Waals surface area contributed by atoms with E-state index in [9.17, 15) is 4.79 Å². The van der Waals surface area contributed by atoms with Crippen molar-refractivity contribution in [1.82, 2.24) is 9.97 Å². The summed E-state index contributed by atoms with van der Waals surface area (Å²) < 4.78 is 0. The molecule has 2 aromatic heterocycles. The van der Waals surface area contributed by atoms with E-state index in [0.717, 1.165) is 12.1 Å². The van der Waals surface area contributed by atoms with Crippen molar-refractivity contribution >= 4 is 23.1 Å². The molecule has 0 bridgehead atoms. The minimum atomic E-state index is 0.0417. The number of anilines is 1. The predicted octanol–water partition coefficient (Wildman–Crippen LogP) is 2.53. The van der Waals surface area contributed by atoms with E-state index in [1.165, 1.54) is 0 Å². The molecule has 3 heterocycles. The van der Waals surface area contributed by atoms with Crippen molar-refractivity contribution in [2.45, 2.75) is 19.8 Å². The number of rotatable bonds is 1. The van der Waals surface area contributed by atoms with Crippen LogP contribution in [0.2, 0.25) is 0 Å². The van der Waals surface area contributed by atoms with Crippen LogP contribution >= 0.6 is 0 Å². The fourth-order valence-electron chi connectivity index (χ4n) is 2.15. The van der Waals surface area contributed by atoms with Gasteiger partial charge in [0.2, 0.25) is 0 Å². The van der Waals surface area contributed by atoms with Crippen LogP contribution in [-0.4, -0.2) is 21.5 Å². The summed E-state index contributed by atoms with van der Waals surface area (Å²) in [5, 5.41) is 0. The number of hydrogen-bond donors (Lipinski definition) is 1. The molecule has 22 heavy (non-hydrogen) atoms. The Balaban J connectivity index is 1.94. The molecule has 0 fully saturated rings. The van der Waals surface area contributed by atoms with Crippen LogP contribution < -0.4 is 5.73 Å². The maximum absolute atomic E-state index is 12.1. The Morgan fingerprint density at radius 2 is 2.18 bits per heavy atom. The Hall–Kier alpha value is -3.00. The molecule has 108 valence electrons. The van der Waals surface area contributed by atoms with Gasteiger partial charge in [-0.3, -0.25) is 4.79 Å². The minimum Gasteiger partial charge on any atom is -0.384 e. The number of carbonyl (C=O) groups excluding carboxylic acids is 1. The molecule has 0 saturated carbocycles. The predicted molar refractivity (Wildman–Crippen MR) is 85.2 cm³/mol. The van der Waals surface area contributed by atoms with Gasteiger partial charge in [-0.2, -0.15) is 0 Å². The van der Waals surface area contributed by atoms with Crippen LogP contribution in [0.1, 0.15) is 41.4 Å². The summed E-state index contributed by atoms with van der Waals surface area (Å²) >= 11 is 0. The zero-order chi connectivity index (χ0) is 15.5. The number of aliphatic imine (C=N–C) groups is 1. The molecule has 0 saturated heterocycles. The van der Waals surface area contributed by atoms with E-state index in [1.807, 2.05) is 6.92 Å². The van der Waals surface area contributed by atoms with Gasteiger partial charge in [0.05, 0.1) is 5.56 Å². The van der Waals surface area contributed by atoms with Crippen LogP contribution in [0.15, 0.2) is 35.5 Å². The molecular weight excluding hydrogens is 276 g/mol.